The highest BCUT2D eigenvalue weighted by Gasteiger charge is 2.30. The molecule has 0 aliphatic carbocycles. The van der Waals surface area contributed by atoms with Gasteiger partial charge in [-0.2, -0.15) is 0 Å². The molecule has 0 fully saturated rings. The second-order valence-corrected chi connectivity index (χ2v) is 21.0. The SMILES string of the molecule is CCC(C)c1ccc(N(c2ccc(C(C)(C)c3ccccc3)cc2)c2c3ccccc3c(N(c3ccc(C(C)(C)c4ccccc4)cc3)c3ccc(C(C)(C)c4ccccc4)cc3)c3ccccc23)cc1. The molecule has 0 N–H and O–H groups in total. The van der Waals surface area contributed by atoms with Gasteiger partial charge in [0, 0.05) is 60.5 Å². The first-order valence-corrected chi connectivity index (χ1v) is 25.5. The summed E-state index contributed by atoms with van der Waals surface area (Å²) >= 11 is 0. The van der Waals surface area contributed by atoms with E-state index < -0.39 is 0 Å². The van der Waals surface area contributed by atoms with E-state index in [-0.39, 0.29) is 16.2 Å². The molecule has 71 heavy (non-hydrogen) atoms. The van der Waals surface area contributed by atoms with Crippen molar-refractivity contribution < 1.29 is 0 Å². The summed E-state index contributed by atoms with van der Waals surface area (Å²) in [6.45, 7) is 18.5. The molecule has 352 valence electrons. The van der Waals surface area contributed by atoms with Crippen LogP contribution in [0.3, 0.4) is 0 Å². The smallest absolute Gasteiger partial charge is 0.0619 e. The molecule has 1 atom stereocenters. The van der Waals surface area contributed by atoms with Crippen molar-refractivity contribution >= 4 is 55.7 Å². The Morgan fingerprint density at radius 2 is 0.521 bits per heavy atom. The summed E-state index contributed by atoms with van der Waals surface area (Å²) in [5.74, 6) is 0.473. The molecule has 10 rings (SSSR count). The van der Waals surface area contributed by atoms with Crippen LogP contribution in [0.1, 0.15) is 107 Å². The number of fused-ring (bicyclic) bond motifs is 2. The van der Waals surface area contributed by atoms with Crippen molar-refractivity contribution in [1.82, 2.24) is 0 Å². The van der Waals surface area contributed by atoms with Gasteiger partial charge in [-0.25, -0.2) is 0 Å². The van der Waals surface area contributed by atoms with Crippen LogP contribution in [0.25, 0.3) is 21.5 Å². The molecule has 2 nitrogen and oxygen atoms in total. The van der Waals surface area contributed by atoms with E-state index in [1.165, 1.54) is 60.5 Å². The van der Waals surface area contributed by atoms with Gasteiger partial charge in [-0.3, -0.25) is 0 Å². The maximum Gasteiger partial charge on any atom is 0.0619 e. The van der Waals surface area contributed by atoms with E-state index >= 15 is 0 Å². The first-order valence-electron chi connectivity index (χ1n) is 25.5. The van der Waals surface area contributed by atoms with Crippen LogP contribution in [0.2, 0.25) is 0 Å². The quantitative estimate of drug-likeness (QED) is 0.0792. The van der Waals surface area contributed by atoms with Gasteiger partial charge >= 0.3 is 0 Å². The van der Waals surface area contributed by atoms with Gasteiger partial charge in [0.15, 0.2) is 0 Å². The normalized spacial score (nSPS) is 12.5. The molecule has 0 aliphatic heterocycles. The maximum absolute atomic E-state index is 2.50. The Morgan fingerprint density at radius 3 is 0.775 bits per heavy atom. The van der Waals surface area contributed by atoms with Crippen molar-refractivity contribution in [3.05, 3.63) is 276 Å². The Bertz CT molecular complexity index is 3240. The summed E-state index contributed by atoms with van der Waals surface area (Å²) in [4.78, 5) is 5.00. The Hall–Kier alpha value is -7.68. The third kappa shape index (κ3) is 8.82. The zero-order chi connectivity index (χ0) is 49.3. The maximum atomic E-state index is 2.50. The molecule has 0 aliphatic rings. The van der Waals surface area contributed by atoms with Crippen LogP contribution < -0.4 is 9.80 Å². The lowest BCUT2D eigenvalue weighted by Crippen LogP contribution is -2.20. The Balaban J connectivity index is 1.19. The summed E-state index contributed by atoms with van der Waals surface area (Å²) in [6.07, 6.45) is 1.09. The molecule has 0 bridgehead atoms. The predicted molar refractivity (Wildman–Crippen MR) is 305 cm³/mol. The summed E-state index contributed by atoms with van der Waals surface area (Å²) in [5, 5.41) is 4.70. The van der Waals surface area contributed by atoms with Gasteiger partial charge in [-0.05, 0) is 99.8 Å². The van der Waals surface area contributed by atoms with Gasteiger partial charge in [0.05, 0.1) is 11.4 Å². The molecule has 10 aromatic rings. The summed E-state index contributed by atoms with van der Waals surface area (Å²) in [7, 11) is 0. The van der Waals surface area contributed by atoms with Crippen molar-refractivity contribution in [2.45, 2.75) is 84.0 Å². The van der Waals surface area contributed by atoms with Gasteiger partial charge in [-0.1, -0.05) is 243 Å². The number of rotatable bonds is 14. The molecule has 0 amide bonds. The van der Waals surface area contributed by atoms with Crippen LogP contribution in [-0.4, -0.2) is 0 Å². The largest absolute Gasteiger partial charge is 0.309 e. The minimum Gasteiger partial charge on any atom is -0.309 e. The van der Waals surface area contributed by atoms with E-state index in [0.717, 1.165) is 40.5 Å². The van der Waals surface area contributed by atoms with Crippen LogP contribution in [-0.2, 0) is 16.2 Å². The van der Waals surface area contributed by atoms with E-state index in [1.54, 1.807) is 0 Å². The van der Waals surface area contributed by atoms with Crippen LogP contribution in [0, 0.1) is 0 Å². The number of anilines is 6. The molecule has 2 heteroatoms. The second kappa shape index (κ2) is 19.3. The van der Waals surface area contributed by atoms with Crippen LogP contribution in [0.15, 0.2) is 237 Å². The lowest BCUT2D eigenvalue weighted by molar-refractivity contribution is 0.640. The fourth-order valence-corrected chi connectivity index (χ4v) is 10.7. The van der Waals surface area contributed by atoms with Gasteiger partial charge in [0.25, 0.3) is 0 Å². The van der Waals surface area contributed by atoms with E-state index in [9.17, 15) is 0 Å². The highest BCUT2D eigenvalue weighted by molar-refractivity contribution is 6.23. The minimum atomic E-state index is -0.178. The lowest BCUT2D eigenvalue weighted by Gasteiger charge is -2.34. The third-order valence-corrected chi connectivity index (χ3v) is 15.7. The van der Waals surface area contributed by atoms with Gasteiger partial charge in [0.2, 0.25) is 0 Å². The van der Waals surface area contributed by atoms with Gasteiger partial charge < -0.3 is 9.80 Å². The standard InChI is InChI=1S/C69H66N2/c1-9-49(2)50-33-41-57(42-34-50)70(58-43-35-54(36-44-58)67(3,4)51-23-13-10-14-24-51)65-61-29-19-21-31-63(61)66(64-32-22-20-30-62(64)65)71(59-45-37-55(38-46-59)68(5,6)52-25-15-11-16-26-52)60-47-39-56(40-48-60)69(7,8)53-27-17-12-18-28-53/h10-49H,9H2,1-8H3. The number of nitrogens with zero attached hydrogens (tertiary/aromatic N) is 2. The van der Waals surface area contributed by atoms with Crippen molar-refractivity contribution in [3.8, 4) is 0 Å². The predicted octanol–water partition coefficient (Wildman–Crippen LogP) is 19.4. The zero-order valence-corrected chi connectivity index (χ0v) is 42.7. The summed E-state index contributed by atoms with van der Waals surface area (Å²) in [5.41, 5.74) is 15.3. The fourth-order valence-electron chi connectivity index (χ4n) is 10.7. The molecular weight excluding hydrogens is 857 g/mol. The average Bonchev–Trinajstić information content (AvgIpc) is 3.42. The fraction of sp³-hybridized carbons (Fsp3) is 0.188. The molecular formula is C69H66N2. The molecule has 0 heterocycles. The van der Waals surface area contributed by atoms with Crippen LogP contribution in [0.4, 0.5) is 34.1 Å². The van der Waals surface area contributed by atoms with E-state index in [4.69, 9.17) is 0 Å². The molecule has 1 unspecified atom stereocenters. The molecule has 10 aromatic carbocycles. The van der Waals surface area contributed by atoms with Gasteiger partial charge in [0.1, 0.15) is 0 Å². The Kier molecular flexibility index (Phi) is 12.8. The molecule has 0 spiro atoms. The van der Waals surface area contributed by atoms with Crippen LogP contribution >= 0.6 is 0 Å². The number of benzene rings is 10. The number of hydrogen-bond donors (Lipinski definition) is 0. The molecule has 0 saturated heterocycles. The second-order valence-electron chi connectivity index (χ2n) is 21.0. The van der Waals surface area contributed by atoms with Crippen LogP contribution in [0.5, 0.6) is 0 Å². The van der Waals surface area contributed by atoms with Crippen molar-refractivity contribution in [2.24, 2.45) is 0 Å². The molecule has 0 radical (unpaired) electrons. The molecule has 0 saturated carbocycles. The first-order chi connectivity index (χ1) is 34.4. The number of hydrogen-bond acceptors (Lipinski definition) is 2. The topological polar surface area (TPSA) is 6.48 Å². The summed E-state index contributed by atoms with van der Waals surface area (Å²) in [6, 6.07) is 87.8. The van der Waals surface area contributed by atoms with E-state index in [2.05, 4.69) is 302 Å². The zero-order valence-electron chi connectivity index (χ0n) is 42.7. The Labute approximate surface area is 422 Å². The van der Waals surface area contributed by atoms with E-state index in [0.29, 0.717) is 5.92 Å². The monoisotopic (exact) mass is 923 g/mol. The lowest BCUT2D eigenvalue weighted by atomic mass is 9.78. The van der Waals surface area contributed by atoms with Crippen molar-refractivity contribution in [1.29, 1.82) is 0 Å². The van der Waals surface area contributed by atoms with Gasteiger partial charge in [-0.15, -0.1) is 0 Å². The average molecular weight is 923 g/mol. The van der Waals surface area contributed by atoms with Crippen molar-refractivity contribution in [2.75, 3.05) is 9.80 Å². The summed E-state index contributed by atoms with van der Waals surface area (Å²) < 4.78 is 0. The third-order valence-electron chi connectivity index (χ3n) is 15.7. The molecule has 0 aromatic heterocycles. The van der Waals surface area contributed by atoms with E-state index in [1.807, 2.05) is 0 Å². The minimum absolute atomic E-state index is 0.169. The highest BCUT2D eigenvalue weighted by atomic mass is 15.2. The van der Waals surface area contributed by atoms with Crippen molar-refractivity contribution in [3.63, 3.8) is 0 Å². The highest BCUT2D eigenvalue weighted by Crippen LogP contribution is 2.52. The first kappa shape index (κ1) is 47.0. The Morgan fingerprint density at radius 1 is 0.296 bits per heavy atom.